The van der Waals surface area contributed by atoms with Crippen LogP contribution in [-0.4, -0.2) is 132 Å². The highest BCUT2D eigenvalue weighted by Gasteiger charge is 2.32. The third-order valence-corrected chi connectivity index (χ3v) is 7.08. The normalized spacial score (nSPS) is 12.5. The Morgan fingerprint density at radius 1 is 0.608 bits per heavy atom. The van der Waals surface area contributed by atoms with Crippen molar-refractivity contribution in [2.75, 3.05) is 46.1 Å². The smallest absolute Gasteiger partial charge is 0.394 e. The van der Waals surface area contributed by atoms with Crippen LogP contribution in [0.4, 0.5) is 0 Å². The van der Waals surface area contributed by atoms with Gasteiger partial charge in [0.15, 0.2) is 0 Å². The van der Waals surface area contributed by atoms with E-state index in [9.17, 15) is 53.4 Å². The second-order valence-corrected chi connectivity index (χ2v) is 13.2. The van der Waals surface area contributed by atoms with E-state index in [4.69, 9.17) is 19.7 Å². The molecular weight excluding hydrogens is 682 g/mol. The van der Waals surface area contributed by atoms with Gasteiger partial charge in [-0.05, 0) is 36.5 Å². The summed E-state index contributed by atoms with van der Waals surface area (Å²) in [6.45, 7) is 6.61. The molecule has 20 heteroatoms. The lowest BCUT2D eigenvalue weighted by Gasteiger charge is -2.35. The van der Waals surface area contributed by atoms with Crippen molar-refractivity contribution in [3.63, 3.8) is 0 Å². The highest BCUT2D eigenvalue weighted by molar-refractivity contribution is 6.31. The maximum absolute atomic E-state index is 12.7. The minimum Gasteiger partial charge on any atom is -0.480 e. The van der Waals surface area contributed by atoms with Crippen LogP contribution in [0, 0.1) is 10.8 Å². The number of hydrogen-bond acceptors (Lipinski definition) is 11. The van der Waals surface area contributed by atoms with Gasteiger partial charge in [-0.1, -0.05) is 27.7 Å². The van der Waals surface area contributed by atoms with Crippen LogP contribution in [0.5, 0.6) is 0 Å². The molecule has 0 aromatic heterocycles. The minimum absolute atomic E-state index is 0.0138. The topological polar surface area (TPSA) is 313 Å². The fraction of sp³-hybridized carbons (Fsp3) is 0.710. The summed E-state index contributed by atoms with van der Waals surface area (Å²) in [6.07, 6.45) is -0.0106. The van der Waals surface area contributed by atoms with E-state index in [1.54, 1.807) is 0 Å². The van der Waals surface area contributed by atoms with Crippen molar-refractivity contribution in [1.29, 1.82) is 0 Å². The lowest BCUT2D eigenvalue weighted by molar-refractivity contribution is -0.150. The Morgan fingerprint density at radius 2 is 1.14 bits per heavy atom. The van der Waals surface area contributed by atoms with Gasteiger partial charge in [-0.3, -0.25) is 28.8 Å². The summed E-state index contributed by atoms with van der Waals surface area (Å²) in [5, 5.41) is 47.6. The summed E-state index contributed by atoms with van der Waals surface area (Å²) in [5.41, 5.74) is -0.948. The fourth-order valence-electron chi connectivity index (χ4n) is 5.02. The van der Waals surface area contributed by atoms with E-state index in [-0.39, 0.29) is 70.4 Å². The molecule has 0 bridgehead atoms. The molecule has 0 heterocycles. The lowest BCUT2D eigenvalue weighted by Crippen LogP contribution is -2.43. The Labute approximate surface area is 294 Å². The second kappa shape index (κ2) is 23.5. The molecule has 51 heavy (non-hydrogen) atoms. The monoisotopic (exact) mass is 733 g/mol. The second-order valence-electron chi connectivity index (χ2n) is 13.2. The standard InChI is InChI=1S/C31H51N5O15/c1-30(2,9-10-33-26(43)29(48)49)18-31(3,4)15-23(39)35-19(27(44)45)5-7-21(37)32-11-12-50-13-14-51-17-24(40)36-20(28(46)47)6-8-22(38)34-16-25(41)42/h19-20H,5-18H2,1-4H3,(H,32,37)(H,33,43)(H,34,38)(H,35,39)(H,36,40)(H,41,42)(H,44,45)(H,46,47)(H,48,49)/t19-,20-/m0/s1. The zero-order chi connectivity index (χ0) is 39.2. The Balaban J connectivity index is 4.35. The van der Waals surface area contributed by atoms with Gasteiger partial charge in [0.1, 0.15) is 25.2 Å². The zero-order valence-corrected chi connectivity index (χ0v) is 29.3. The highest BCUT2D eigenvalue weighted by atomic mass is 16.5. The number of hydrogen-bond donors (Lipinski definition) is 9. The molecule has 2 atom stereocenters. The Kier molecular flexibility index (Phi) is 21.3. The average molecular weight is 734 g/mol. The number of carbonyl (C=O) groups is 9. The average Bonchev–Trinajstić information content (AvgIpc) is 2.99. The number of nitrogens with one attached hydrogen (secondary N) is 5. The molecule has 0 rings (SSSR count). The van der Waals surface area contributed by atoms with Crippen LogP contribution in [-0.2, 0) is 52.6 Å². The molecule has 290 valence electrons. The van der Waals surface area contributed by atoms with Crippen LogP contribution in [0.15, 0.2) is 0 Å². The molecule has 0 spiro atoms. The van der Waals surface area contributed by atoms with E-state index in [1.165, 1.54) is 0 Å². The fourth-order valence-corrected chi connectivity index (χ4v) is 5.02. The number of amides is 5. The van der Waals surface area contributed by atoms with Crippen LogP contribution < -0.4 is 26.6 Å². The van der Waals surface area contributed by atoms with E-state index < -0.39 is 84.1 Å². The molecule has 0 saturated carbocycles. The predicted molar refractivity (Wildman–Crippen MR) is 175 cm³/mol. The number of rotatable bonds is 27. The molecular formula is C31H51N5O15. The first-order valence-corrected chi connectivity index (χ1v) is 16.1. The number of aliphatic carboxylic acids is 4. The van der Waals surface area contributed by atoms with Crippen molar-refractivity contribution in [3.8, 4) is 0 Å². The molecule has 0 fully saturated rings. The molecule has 9 N–H and O–H groups in total. The van der Waals surface area contributed by atoms with Gasteiger partial charge < -0.3 is 56.5 Å². The molecule has 0 unspecified atom stereocenters. The zero-order valence-electron chi connectivity index (χ0n) is 29.3. The molecule has 20 nitrogen and oxygen atoms in total. The van der Waals surface area contributed by atoms with E-state index in [1.807, 2.05) is 27.7 Å². The summed E-state index contributed by atoms with van der Waals surface area (Å²) >= 11 is 0. The SMILES string of the molecule is CC(C)(CCNC(=O)C(=O)O)CC(C)(C)CC(=O)N[C@@H](CCC(=O)NCCOCCOCC(=O)N[C@@H](CCC(=O)NCC(=O)O)C(=O)O)C(=O)O. The van der Waals surface area contributed by atoms with E-state index in [0.29, 0.717) is 12.8 Å². The van der Waals surface area contributed by atoms with Crippen molar-refractivity contribution >= 4 is 53.4 Å². The molecule has 0 aliphatic rings. The van der Waals surface area contributed by atoms with Crippen LogP contribution in [0.1, 0.15) is 72.6 Å². The Morgan fingerprint density at radius 3 is 1.67 bits per heavy atom. The van der Waals surface area contributed by atoms with Gasteiger partial charge in [-0.25, -0.2) is 14.4 Å². The summed E-state index contributed by atoms with van der Waals surface area (Å²) in [5.74, 6) is -9.08. The molecule has 0 aromatic carbocycles. The predicted octanol–water partition coefficient (Wildman–Crippen LogP) is -1.54. The van der Waals surface area contributed by atoms with E-state index in [2.05, 4.69) is 26.6 Å². The summed E-state index contributed by atoms with van der Waals surface area (Å²) in [4.78, 5) is 104. The van der Waals surface area contributed by atoms with Crippen LogP contribution in [0.25, 0.3) is 0 Å². The van der Waals surface area contributed by atoms with Crippen molar-refractivity contribution in [2.24, 2.45) is 10.8 Å². The summed E-state index contributed by atoms with van der Waals surface area (Å²) < 4.78 is 10.4. The third-order valence-electron chi connectivity index (χ3n) is 7.08. The Hall–Kier alpha value is -4.85. The number of carboxylic acids is 4. The maximum Gasteiger partial charge on any atom is 0.394 e. The quantitative estimate of drug-likeness (QED) is 0.0341. The molecule has 0 aliphatic heterocycles. The van der Waals surface area contributed by atoms with Crippen molar-refractivity contribution in [1.82, 2.24) is 26.6 Å². The highest BCUT2D eigenvalue weighted by Crippen LogP contribution is 2.38. The van der Waals surface area contributed by atoms with Crippen LogP contribution in [0.3, 0.4) is 0 Å². The molecule has 0 aromatic rings. The van der Waals surface area contributed by atoms with Gasteiger partial charge in [0.05, 0.1) is 19.8 Å². The van der Waals surface area contributed by atoms with Gasteiger partial charge >= 0.3 is 29.8 Å². The van der Waals surface area contributed by atoms with Gasteiger partial charge in [0.2, 0.25) is 23.6 Å². The van der Waals surface area contributed by atoms with Gasteiger partial charge in [-0.2, -0.15) is 0 Å². The molecule has 0 aliphatic carbocycles. The van der Waals surface area contributed by atoms with Crippen LogP contribution >= 0.6 is 0 Å². The molecule has 5 amide bonds. The first kappa shape index (κ1) is 46.1. The minimum atomic E-state index is -1.58. The van der Waals surface area contributed by atoms with Crippen molar-refractivity contribution in [2.45, 2.75) is 84.7 Å². The van der Waals surface area contributed by atoms with Gasteiger partial charge in [0.25, 0.3) is 0 Å². The van der Waals surface area contributed by atoms with Gasteiger partial charge in [0, 0.05) is 32.4 Å². The number of carbonyl (C=O) groups excluding carboxylic acids is 5. The maximum atomic E-state index is 12.7. The summed E-state index contributed by atoms with van der Waals surface area (Å²) in [7, 11) is 0. The number of carboxylic acid groups (broad SMARTS) is 4. The first-order chi connectivity index (χ1) is 23.6. The number of ether oxygens (including phenoxy) is 2. The lowest BCUT2D eigenvalue weighted by atomic mass is 9.71. The molecule has 0 saturated heterocycles. The largest absolute Gasteiger partial charge is 0.480 e. The van der Waals surface area contributed by atoms with E-state index >= 15 is 0 Å². The van der Waals surface area contributed by atoms with E-state index in [0.717, 1.165) is 0 Å². The Bertz CT molecular complexity index is 1240. The molecule has 0 radical (unpaired) electrons. The first-order valence-electron chi connectivity index (χ1n) is 16.1. The summed E-state index contributed by atoms with van der Waals surface area (Å²) in [6, 6.07) is -2.70. The van der Waals surface area contributed by atoms with Crippen molar-refractivity contribution in [3.05, 3.63) is 0 Å². The van der Waals surface area contributed by atoms with Crippen LogP contribution in [0.2, 0.25) is 0 Å². The van der Waals surface area contributed by atoms with Crippen molar-refractivity contribution < 1.29 is 73.1 Å². The third kappa shape index (κ3) is 24.0. The van der Waals surface area contributed by atoms with Gasteiger partial charge in [-0.15, -0.1) is 0 Å².